The van der Waals surface area contributed by atoms with Gasteiger partial charge in [-0.3, -0.25) is 0 Å². The van der Waals surface area contributed by atoms with E-state index in [9.17, 15) is 9.59 Å². The van der Waals surface area contributed by atoms with Gasteiger partial charge in [0.2, 0.25) is 0 Å². The fourth-order valence-electron chi connectivity index (χ4n) is 1.57. The summed E-state index contributed by atoms with van der Waals surface area (Å²) in [5, 5.41) is 0. The lowest BCUT2D eigenvalue weighted by Gasteiger charge is -2.08. The smallest absolute Gasteiger partial charge is 0.339 e. The van der Waals surface area contributed by atoms with Crippen LogP contribution >= 0.6 is 0 Å². The van der Waals surface area contributed by atoms with Crippen LogP contribution in [0, 0.1) is 13.8 Å². The summed E-state index contributed by atoms with van der Waals surface area (Å²) < 4.78 is 25.1. The predicted molar refractivity (Wildman–Crippen MR) is 71.5 cm³/mol. The quantitative estimate of drug-likeness (QED) is 0.590. The standard InChI is InChI=1S/C14H14O7/c1-9-3-11(5-13(15)20-9)18-7-17-8-19-12-4-10(2)21-14(16)6-12/h3-6H,7-8H2,1-2H3. The van der Waals surface area contributed by atoms with E-state index in [0.717, 1.165) is 0 Å². The third kappa shape index (κ3) is 4.81. The average molecular weight is 294 g/mol. The van der Waals surface area contributed by atoms with E-state index in [0.29, 0.717) is 23.0 Å². The fraction of sp³-hybridized carbons (Fsp3) is 0.286. The van der Waals surface area contributed by atoms with Crippen LogP contribution in [0.3, 0.4) is 0 Å². The van der Waals surface area contributed by atoms with Gasteiger partial charge in [0.25, 0.3) is 0 Å². The van der Waals surface area contributed by atoms with E-state index >= 15 is 0 Å². The Labute approximate surface area is 119 Å². The zero-order valence-electron chi connectivity index (χ0n) is 11.6. The Hall–Kier alpha value is -2.54. The van der Waals surface area contributed by atoms with Crippen molar-refractivity contribution in [1.29, 1.82) is 0 Å². The minimum Gasteiger partial charge on any atom is -0.467 e. The van der Waals surface area contributed by atoms with E-state index in [1.165, 1.54) is 12.1 Å². The van der Waals surface area contributed by atoms with E-state index in [4.69, 9.17) is 23.0 Å². The minimum atomic E-state index is -0.493. The first-order valence-corrected chi connectivity index (χ1v) is 6.10. The first-order chi connectivity index (χ1) is 10.0. The fourth-order valence-corrected chi connectivity index (χ4v) is 1.57. The molecule has 0 unspecified atom stereocenters. The monoisotopic (exact) mass is 294 g/mol. The van der Waals surface area contributed by atoms with Crippen molar-refractivity contribution in [2.75, 3.05) is 13.6 Å². The second-order valence-corrected chi connectivity index (χ2v) is 4.17. The number of hydrogen-bond donors (Lipinski definition) is 0. The number of ether oxygens (including phenoxy) is 3. The van der Waals surface area contributed by atoms with Crippen molar-refractivity contribution in [3.63, 3.8) is 0 Å². The zero-order chi connectivity index (χ0) is 15.2. The summed E-state index contributed by atoms with van der Waals surface area (Å²) >= 11 is 0. The molecule has 0 saturated heterocycles. The predicted octanol–water partition coefficient (Wildman–Crippen LogP) is 1.60. The van der Waals surface area contributed by atoms with Gasteiger partial charge in [-0.05, 0) is 13.8 Å². The molecule has 2 rings (SSSR count). The maximum atomic E-state index is 11.1. The van der Waals surface area contributed by atoms with Crippen LogP contribution in [0.2, 0.25) is 0 Å². The summed E-state index contributed by atoms with van der Waals surface area (Å²) in [4.78, 5) is 22.2. The average Bonchev–Trinajstić information content (AvgIpc) is 2.36. The van der Waals surface area contributed by atoms with Crippen molar-refractivity contribution in [3.8, 4) is 11.5 Å². The van der Waals surface area contributed by atoms with E-state index in [1.807, 2.05) is 0 Å². The molecule has 0 saturated carbocycles. The summed E-state index contributed by atoms with van der Waals surface area (Å²) in [7, 11) is 0. The Kier molecular flexibility index (Phi) is 4.78. The van der Waals surface area contributed by atoms with Gasteiger partial charge in [0.1, 0.15) is 23.0 Å². The molecule has 0 aliphatic rings. The summed E-state index contributed by atoms with van der Waals surface area (Å²) in [6, 6.07) is 5.56. The summed E-state index contributed by atoms with van der Waals surface area (Å²) in [6.07, 6.45) is 0. The van der Waals surface area contributed by atoms with Crippen LogP contribution < -0.4 is 20.7 Å². The van der Waals surface area contributed by atoms with Crippen LogP contribution in [0.1, 0.15) is 11.5 Å². The van der Waals surface area contributed by atoms with Crippen molar-refractivity contribution in [2.24, 2.45) is 0 Å². The van der Waals surface area contributed by atoms with Gasteiger partial charge in [0, 0.05) is 12.1 Å². The second kappa shape index (κ2) is 6.76. The summed E-state index contributed by atoms with van der Waals surface area (Å²) in [5.41, 5.74) is -0.986. The Morgan fingerprint density at radius 3 is 1.62 bits per heavy atom. The minimum absolute atomic E-state index is 0.108. The second-order valence-electron chi connectivity index (χ2n) is 4.17. The maximum Gasteiger partial charge on any atom is 0.339 e. The third-order valence-electron chi connectivity index (χ3n) is 2.35. The first-order valence-electron chi connectivity index (χ1n) is 6.10. The molecule has 0 aliphatic heterocycles. The molecule has 7 heteroatoms. The topological polar surface area (TPSA) is 88.1 Å². The molecule has 0 spiro atoms. The molecule has 0 aromatic carbocycles. The molecule has 7 nitrogen and oxygen atoms in total. The van der Waals surface area contributed by atoms with E-state index in [2.05, 4.69) is 0 Å². The molecule has 0 aliphatic carbocycles. The Morgan fingerprint density at radius 2 is 1.24 bits per heavy atom. The van der Waals surface area contributed by atoms with Crippen LogP contribution in [0.15, 0.2) is 42.7 Å². The van der Waals surface area contributed by atoms with Crippen LogP contribution in [-0.4, -0.2) is 13.6 Å². The molecule has 0 N–H and O–H groups in total. The lowest BCUT2D eigenvalue weighted by Crippen LogP contribution is -2.11. The molecular weight excluding hydrogens is 280 g/mol. The molecule has 112 valence electrons. The van der Waals surface area contributed by atoms with E-state index < -0.39 is 11.3 Å². The molecule has 0 atom stereocenters. The highest BCUT2D eigenvalue weighted by Gasteiger charge is 2.01. The van der Waals surface area contributed by atoms with Crippen LogP contribution in [0.25, 0.3) is 0 Å². The van der Waals surface area contributed by atoms with Gasteiger partial charge >= 0.3 is 11.3 Å². The zero-order valence-corrected chi connectivity index (χ0v) is 11.6. The Morgan fingerprint density at radius 1 is 0.810 bits per heavy atom. The normalized spacial score (nSPS) is 10.4. The van der Waals surface area contributed by atoms with Gasteiger partial charge in [-0.1, -0.05) is 0 Å². The van der Waals surface area contributed by atoms with Crippen molar-refractivity contribution in [1.82, 2.24) is 0 Å². The SMILES string of the molecule is Cc1cc(OCOCOc2cc(C)oc(=O)c2)cc(=O)o1. The van der Waals surface area contributed by atoms with Crippen LogP contribution in [-0.2, 0) is 4.74 Å². The summed E-state index contributed by atoms with van der Waals surface area (Å²) in [5.74, 6) is 1.58. The Bertz CT molecular complexity index is 652. The highest BCUT2D eigenvalue weighted by molar-refractivity contribution is 5.20. The van der Waals surface area contributed by atoms with Gasteiger partial charge in [0.05, 0.1) is 12.1 Å². The molecular formula is C14H14O7. The summed E-state index contributed by atoms with van der Waals surface area (Å²) in [6.45, 7) is 3.07. The van der Waals surface area contributed by atoms with E-state index in [-0.39, 0.29) is 13.6 Å². The third-order valence-corrected chi connectivity index (χ3v) is 2.35. The molecule has 2 aromatic rings. The maximum absolute atomic E-state index is 11.1. The molecule has 21 heavy (non-hydrogen) atoms. The Balaban J connectivity index is 1.77. The van der Waals surface area contributed by atoms with Gasteiger partial charge in [0.15, 0.2) is 13.6 Å². The largest absolute Gasteiger partial charge is 0.467 e. The van der Waals surface area contributed by atoms with Crippen LogP contribution in [0.5, 0.6) is 11.5 Å². The molecule has 2 aromatic heterocycles. The van der Waals surface area contributed by atoms with Gasteiger partial charge in [-0.15, -0.1) is 0 Å². The van der Waals surface area contributed by atoms with Crippen LogP contribution in [0.4, 0.5) is 0 Å². The molecule has 0 radical (unpaired) electrons. The van der Waals surface area contributed by atoms with Gasteiger partial charge in [-0.2, -0.15) is 0 Å². The van der Waals surface area contributed by atoms with Crippen molar-refractivity contribution in [3.05, 3.63) is 56.6 Å². The highest BCUT2D eigenvalue weighted by Crippen LogP contribution is 2.10. The molecule has 0 amide bonds. The highest BCUT2D eigenvalue weighted by atomic mass is 16.7. The number of hydrogen-bond acceptors (Lipinski definition) is 7. The van der Waals surface area contributed by atoms with E-state index in [1.54, 1.807) is 26.0 Å². The molecule has 0 bridgehead atoms. The lowest BCUT2D eigenvalue weighted by atomic mass is 10.4. The van der Waals surface area contributed by atoms with Gasteiger partial charge < -0.3 is 23.0 Å². The number of aryl methyl sites for hydroxylation is 2. The first kappa shape index (κ1) is 14.9. The van der Waals surface area contributed by atoms with Gasteiger partial charge in [-0.25, -0.2) is 9.59 Å². The molecule has 2 heterocycles. The molecule has 0 fully saturated rings. The number of rotatable bonds is 6. The van der Waals surface area contributed by atoms with Crippen molar-refractivity contribution < 1.29 is 23.0 Å². The lowest BCUT2D eigenvalue weighted by molar-refractivity contribution is -0.0540. The van der Waals surface area contributed by atoms with Crippen molar-refractivity contribution >= 4 is 0 Å². The van der Waals surface area contributed by atoms with Crippen molar-refractivity contribution in [2.45, 2.75) is 13.8 Å².